The monoisotopic (exact) mass is 610 g/mol. The van der Waals surface area contributed by atoms with E-state index in [0.29, 0.717) is 32.1 Å². The Labute approximate surface area is 255 Å². The summed E-state index contributed by atoms with van der Waals surface area (Å²) < 4.78 is 41.4. The Morgan fingerprint density at radius 3 is 1.60 bits per heavy atom. The third-order valence-corrected chi connectivity index (χ3v) is 6.72. The van der Waals surface area contributed by atoms with Gasteiger partial charge in [-0.1, -0.05) is 24.3 Å². The first kappa shape index (κ1) is 37.7. The van der Waals surface area contributed by atoms with Crippen molar-refractivity contribution >= 4 is 11.8 Å². The van der Waals surface area contributed by atoms with Crippen molar-refractivity contribution in [2.75, 3.05) is 61.0 Å². The number of carbonyl (C=O) groups excluding carboxylic acids is 2. The molecule has 0 aliphatic rings. The summed E-state index contributed by atoms with van der Waals surface area (Å²) in [6.45, 7) is 9.08. The summed E-state index contributed by atoms with van der Waals surface area (Å²) in [7, 11) is 6.97. The van der Waals surface area contributed by atoms with Crippen molar-refractivity contribution in [3.8, 4) is 11.5 Å². The lowest BCUT2D eigenvalue weighted by molar-refractivity contribution is -0.153. The van der Waals surface area contributed by atoms with Crippen molar-refractivity contribution < 1.29 is 32.6 Å². The Morgan fingerprint density at radius 2 is 1.21 bits per heavy atom. The SMILES string of the molecule is CC(C)N(CCc1cccc(O)c1)CC(=O)N(C)C.CC(C)N(CCc1cccc(OCC(F)(F)F)c1)CC(=O)N(C)C. The molecule has 0 atom stereocenters. The number of likely N-dealkylation sites (N-methyl/N-ethyl adjacent to an activating group) is 2. The number of phenols is 1. The molecule has 0 aromatic heterocycles. The number of hydrogen-bond donors (Lipinski definition) is 1. The molecule has 0 unspecified atom stereocenters. The van der Waals surface area contributed by atoms with E-state index in [1.54, 1.807) is 62.3 Å². The lowest BCUT2D eigenvalue weighted by Gasteiger charge is -2.27. The molecule has 242 valence electrons. The van der Waals surface area contributed by atoms with Gasteiger partial charge in [0, 0.05) is 53.4 Å². The molecule has 0 saturated carbocycles. The third-order valence-electron chi connectivity index (χ3n) is 6.72. The molecule has 0 radical (unpaired) electrons. The average Bonchev–Trinajstić information content (AvgIpc) is 2.91. The Bertz CT molecular complexity index is 1120. The second kappa shape index (κ2) is 18.4. The zero-order chi connectivity index (χ0) is 32.7. The highest BCUT2D eigenvalue weighted by Crippen LogP contribution is 2.20. The van der Waals surface area contributed by atoms with Crippen molar-refractivity contribution in [2.45, 2.75) is 58.8 Å². The van der Waals surface area contributed by atoms with Gasteiger partial charge in [-0.25, -0.2) is 0 Å². The predicted octanol–water partition coefficient (Wildman–Crippen LogP) is 4.70. The fraction of sp³-hybridized carbons (Fsp3) is 0.562. The van der Waals surface area contributed by atoms with Crippen LogP contribution in [0.1, 0.15) is 38.8 Å². The minimum atomic E-state index is -4.35. The number of hydrogen-bond acceptors (Lipinski definition) is 6. The van der Waals surface area contributed by atoms with Crippen molar-refractivity contribution in [3.63, 3.8) is 0 Å². The van der Waals surface area contributed by atoms with Gasteiger partial charge >= 0.3 is 6.18 Å². The summed E-state index contributed by atoms with van der Waals surface area (Å²) in [5.74, 6) is 0.624. The summed E-state index contributed by atoms with van der Waals surface area (Å²) in [5, 5.41) is 9.43. The first-order chi connectivity index (χ1) is 20.0. The number of amides is 2. The molecule has 2 amide bonds. The second-order valence-corrected chi connectivity index (χ2v) is 11.4. The zero-order valence-corrected chi connectivity index (χ0v) is 26.8. The maximum Gasteiger partial charge on any atom is 0.422 e. The van der Waals surface area contributed by atoms with E-state index < -0.39 is 12.8 Å². The first-order valence-electron chi connectivity index (χ1n) is 14.4. The van der Waals surface area contributed by atoms with Crippen LogP contribution in [0.5, 0.6) is 11.5 Å². The second-order valence-electron chi connectivity index (χ2n) is 11.4. The highest BCUT2D eigenvalue weighted by molar-refractivity contribution is 5.78. The van der Waals surface area contributed by atoms with E-state index >= 15 is 0 Å². The highest BCUT2D eigenvalue weighted by Gasteiger charge is 2.28. The number of ether oxygens (including phenoxy) is 1. The number of aromatic hydroxyl groups is 1. The van der Waals surface area contributed by atoms with Gasteiger partial charge in [0.2, 0.25) is 11.8 Å². The van der Waals surface area contributed by atoms with E-state index in [1.807, 2.05) is 36.9 Å². The number of phenolic OH excluding ortho intramolecular Hbond substituents is 1. The van der Waals surface area contributed by atoms with Crippen LogP contribution in [-0.2, 0) is 22.4 Å². The normalized spacial score (nSPS) is 11.5. The van der Waals surface area contributed by atoms with E-state index in [1.165, 1.54) is 6.07 Å². The van der Waals surface area contributed by atoms with Crippen LogP contribution in [0.3, 0.4) is 0 Å². The largest absolute Gasteiger partial charge is 0.508 e. The fourth-order valence-electron chi connectivity index (χ4n) is 3.88. The van der Waals surface area contributed by atoms with Gasteiger partial charge in [-0.05, 0) is 75.9 Å². The molecule has 2 aromatic carbocycles. The number of halogens is 3. The van der Waals surface area contributed by atoms with Gasteiger partial charge in [0.25, 0.3) is 0 Å². The van der Waals surface area contributed by atoms with Gasteiger partial charge in [-0.15, -0.1) is 0 Å². The molecule has 0 fully saturated rings. The lowest BCUT2D eigenvalue weighted by atomic mass is 10.1. The van der Waals surface area contributed by atoms with E-state index in [2.05, 4.69) is 18.7 Å². The number of carbonyl (C=O) groups is 2. The quantitative estimate of drug-likeness (QED) is 0.334. The van der Waals surface area contributed by atoms with Gasteiger partial charge in [-0.3, -0.25) is 19.4 Å². The van der Waals surface area contributed by atoms with E-state index in [4.69, 9.17) is 4.74 Å². The Hall–Kier alpha value is -3.31. The van der Waals surface area contributed by atoms with Crippen LogP contribution in [0.25, 0.3) is 0 Å². The number of rotatable bonds is 14. The summed E-state index contributed by atoms with van der Waals surface area (Å²) in [6.07, 6.45) is -2.90. The molecule has 8 nitrogen and oxygen atoms in total. The molecular weight excluding hydrogens is 561 g/mol. The maximum absolute atomic E-state index is 12.2. The maximum atomic E-state index is 12.2. The zero-order valence-electron chi connectivity index (χ0n) is 26.8. The molecular formula is C32H49F3N4O4. The van der Waals surface area contributed by atoms with Gasteiger partial charge in [0.05, 0.1) is 13.1 Å². The molecule has 2 aromatic rings. The molecule has 43 heavy (non-hydrogen) atoms. The molecule has 0 saturated heterocycles. The van der Waals surface area contributed by atoms with E-state index in [9.17, 15) is 27.9 Å². The van der Waals surface area contributed by atoms with Crippen molar-refractivity contribution in [1.29, 1.82) is 0 Å². The van der Waals surface area contributed by atoms with Gasteiger partial charge in [0.1, 0.15) is 11.5 Å². The Kier molecular flexibility index (Phi) is 16.1. The first-order valence-corrected chi connectivity index (χ1v) is 14.4. The molecule has 1 N–H and O–H groups in total. The van der Waals surface area contributed by atoms with Crippen molar-refractivity contribution in [3.05, 3.63) is 59.7 Å². The summed E-state index contributed by atoms with van der Waals surface area (Å²) in [6, 6.07) is 14.4. The predicted molar refractivity (Wildman–Crippen MR) is 164 cm³/mol. The summed E-state index contributed by atoms with van der Waals surface area (Å²) in [4.78, 5) is 31.0. The van der Waals surface area contributed by atoms with Crippen molar-refractivity contribution in [1.82, 2.24) is 19.6 Å². The fourth-order valence-corrected chi connectivity index (χ4v) is 3.88. The number of alkyl halides is 3. The van der Waals surface area contributed by atoms with Crippen LogP contribution < -0.4 is 4.74 Å². The minimum absolute atomic E-state index is 0.0194. The van der Waals surface area contributed by atoms with Crippen molar-refractivity contribution in [2.24, 2.45) is 0 Å². The third kappa shape index (κ3) is 16.2. The van der Waals surface area contributed by atoms with Gasteiger partial charge < -0.3 is 19.6 Å². The molecule has 0 heterocycles. The van der Waals surface area contributed by atoms with Crippen LogP contribution in [0.15, 0.2) is 48.5 Å². The number of benzene rings is 2. The van der Waals surface area contributed by atoms with Gasteiger partial charge in [-0.2, -0.15) is 13.2 Å². The summed E-state index contributed by atoms with van der Waals surface area (Å²) in [5.41, 5.74) is 1.96. The minimum Gasteiger partial charge on any atom is -0.508 e. The highest BCUT2D eigenvalue weighted by atomic mass is 19.4. The van der Waals surface area contributed by atoms with Crippen LogP contribution in [-0.4, -0.2) is 116 Å². The standard InChI is InChI=1S/C17H25F3N2O2.C15H24N2O2/c1-13(2)22(11-16(23)21(3)4)9-8-14-6-5-7-15(10-14)24-12-17(18,19)20;1-12(2)17(11-15(19)16(3)4)9-8-13-6-5-7-14(18)10-13/h5-7,10,13H,8-9,11-12H2,1-4H3;5-7,10,12,18H,8-9,11H2,1-4H3. The van der Waals surface area contributed by atoms with Crippen LogP contribution in [0.4, 0.5) is 13.2 Å². The number of nitrogens with zero attached hydrogens (tertiary/aromatic N) is 4. The Balaban J connectivity index is 0.000000442. The summed E-state index contributed by atoms with van der Waals surface area (Å²) >= 11 is 0. The average molecular weight is 611 g/mol. The molecule has 0 aliphatic heterocycles. The molecule has 0 aliphatic carbocycles. The van der Waals surface area contributed by atoms with E-state index in [0.717, 1.165) is 24.1 Å². The van der Waals surface area contributed by atoms with E-state index in [-0.39, 0.29) is 29.4 Å². The molecule has 0 bridgehead atoms. The molecule has 11 heteroatoms. The molecule has 0 spiro atoms. The van der Waals surface area contributed by atoms with Crippen LogP contribution >= 0.6 is 0 Å². The topological polar surface area (TPSA) is 76.6 Å². The smallest absolute Gasteiger partial charge is 0.422 e. The van der Waals surface area contributed by atoms with Crippen LogP contribution in [0.2, 0.25) is 0 Å². The lowest BCUT2D eigenvalue weighted by Crippen LogP contribution is -2.41. The Morgan fingerprint density at radius 1 is 0.767 bits per heavy atom. The van der Waals surface area contributed by atoms with Gasteiger partial charge in [0.15, 0.2) is 6.61 Å². The molecule has 2 rings (SSSR count). The van der Waals surface area contributed by atoms with Crippen LogP contribution in [0, 0.1) is 0 Å².